The van der Waals surface area contributed by atoms with Crippen molar-refractivity contribution in [2.24, 2.45) is 0 Å². The third-order valence-electron chi connectivity index (χ3n) is 4.31. The number of para-hydroxylation sites is 2. The number of carbonyl (C=O) groups excluding carboxylic acids is 3. The number of amides is 2. The van der Waals surface area contributed by atoms with Crippen molar-refractivity contribution in [2.75, 3.05) is 17.3 Å². The molecule has 0 saturated carbocycles. The summed E-state index contributed by atoms with van der Waals surface area (Å²) in [6.07, 6.45) is 0.113. The number of nitrogens with zero attached hydrogens (tertiary/aromatic N) is 1. The molecule has 0 unspecified atom stereocenters. The zero-order valence-corrected chi connectivity index (χ0v) is 13.6. The van der Waals surface area contributed by atoms with Gasteiger partial charge in [-0.15, -0.1) is 0 Å². The van der Waals surface area contributed by atoms with Gasteiger partial charge >= 0.3 is 0 Å². The van der Waals surface area contributed by atoms with Crippen LogP contribution in [0.3, 0.4) is 0 Å². The van der Waals surface area contributed by atoms with Crippen molar-refractivity contribution in [1.82, 2.24) is 0 Å². The minimum atomic E-state index is -0.565. The summed E-state index contributed by atoms with van der Waals surface area (Å²) >= 11 is 0. The summed E-state index contributed by atoms with van der Waals surface area (Å²) in [7, 11) is 1.71. The van der Waals surface area contributed by atoms with Crippen molar-refractivity contribution < 1.29 is 14.4 Å². The summed E-state index contributed by atoms with van der Waals surface area (Å²) < 4.78 is 0. The van der Waals surface area contributed by atoms with Crippen molar-refractivity contribution in [3.63, 3.8) is 0 Å². The van der Waals surface area contributed by atoms with Crippen LogP contribution in [0, 0.1) is 0 Å². The molecule has 1 aliphatic rings. The lowest BCUT2D eigenvalue weighted by Crippen LogP contribution is -2.37. The van der Waals surface area contributed by atoms with Crippen molar-refractivity contribution >= 4 is 29.0 Å². The van der Waals surface area contributed by atoms with E-state index in [1.807, 2.05) is 24.3 Å². The highest BCUT2D eigenvalue weighted by Gasteiger charge is 2.33. The Kier molecular flexibility index (Phi) is 4.16. The van der Waals surface area contributed by atoms with Gasteiger partial charge in [0.2, 0.25) is 11.8 Å². The first kappa shape index (κ1) is 15.9. The van der Waals surface area contributed by atoms with Crippen LogP contribution < -0.4 is 10.2 Å². The zero-order chi connectivity index (χ0) is 17.3. The van der Waals surface area contributed by atoms with Crippen molar-refractivity contribution in [3.8, 4) is 0 Å². The topological polar surface area (TPSA) is 66.5 Å². The molecule has 1 atom stereocenters. The molecule has 1 heterocycles. The lowest BCUT2D eigenvalue weighted by atomic mass is 9.88. The highest BCUT2D eigenvalue weighted by Crippen LogP contribution is 2.35. The summed E-state index contributed by atoms with van der Waals surface area (Å²) in [4.78, 5) is 38.2. The molecule has 2 amide bonds. The Labute approximate surface area is 140 Å². The molecule has 0 aromatic heterocycles. The van der Waals surface area contributed by atoms with Crippen LogP contribution in [0.2, 0.25) is 0 Å². The highest BCUT2D eigenvalue weighted by molar-refractivity contribution is 6.08. The molecule has 0 radical (unpaired) electrons. The molecule has 0 saturated heterocycles. The highest BCUT2D eigenvalue weighted by atomic mass is 16.2. The minimum Gasteiger partial charge on any atom is -0.325 e. The molecule has 1 aliphatic heterocycles. The quantitative estimate of drug-likeness (QED) is 0.884. The van der Waals surface area contributed by atoms with E-state index in [0.717, 1.165) is 11.3 Å². The summed E-state index contributed by atoms with van der Waals surface area (Å²) in [6, 6.07) is 14.3. The van der Waals surface area contributed by atoms with Gasteiger partial charge in [-0.2, -0.15) is 0 Å². The fourth-order valence-electron chi connectivity index (χ4n) is 3.00. The molecule has 122 valence electrons. The monoisotopic (exact) mass is 322 g/mol. The predicted octanol–water partition coefficient (Wildman–Crippen LogP) is 2.98. The maximum atomic E-state index is 12.8. The third-order valence-corrected chi connectivity index (χ3v) is 4.31. The van der Waals surface area contributed by atoms with Crippen molar-refractivity contribution in [1.29, 1.82) is 0 Å². The van der Waals surface area contributed by atoms with Crippen LogP contribution in [0.25, 0.3) is 0 Å². The molecule has 24 heavy (non-hydrogen) atoms. The molecule has 5 nitrogen and oxygen atoms in total. The largest absolute Gasteiger partial charge is 0.325 e. The van der Waals surface area contributed by atoms with E-state index < -0.39 is 5.92 Å². The predicted molar refractivity (Wildman–Crippen MR) is 92.3 cm³/mol. The fraction of sp³-hybridized carbons (Fsp3) is 0.211. The van der Waals surface area contributed by atoms with Crippen molar-refractivity contribution in [2.45, 2.75) is 19.3 Å². The number of hydrogen-bond donors (Lipinski definition) is 1. The van der Waals surface area contributed by atoms with Gasteiger partial charge in [0.05, 0.1) is 11.6 Å². The van der Waals surface area contributed by atoms with Crippen LogP contribution in [0.15, 0.2) is 48.5 Å². The van der Waals surface area contributed by atoms with Crippen molar-refractivity contribution in [3.05, 3.63) is 59.7 Å². The van der Waals surface area contributed by atoms with E-state index in [-0.39, 0.29) is 24.0 Å². The molecule has 3 rings (SSSR count). The SMILES string of the molecule is CC(=O)c1ccccc1NC(=O)[C@@H]1CC(=O)N(C)c2ccccc21. The van der Waals surface area contributed by atoms with Gasteiger partial charge in [0.25, 0.3) is 0 Å². The molecule has 0 aliphatic carbocycles. The Balaban J connectivity index is 1.93. The Morgan fingerprint density at radius 1 is 1.08 bits per heavy atom. The Bertz CT molecular complexity index is 829. The first-order chi connectivity index (χ1) is 11.5. The van der Waals surface area contributed by atoms with E-state index in [1.165, 1.54) is 6.92 Å². The van der Waals surface area contributed by atoms with Crippen LogP contribution in [0.5, 0.6) is 0 Å². The number of nitrogens with one attached hydrogen (secondary N) is 1. The molecule has 1 N–H and O–H groups in total. The first-order valence-electron chi connectivity index (χ1n) is 7.75. The average Bonchev–Trinajstić information content (AvgIpc) is 2.58. The van der Waals surface area contributed by atoms with Gasteiger partial charge in [-0.3, -0.25) is 14.4 Å². The van der Waals surface area contributed by atoms with E-state index in [4.69, 9.17) is 0 Å². The number of hydrogen-bond acceptors (Lipinski definition) is 3. The number of Topliss-reactive ketones (excluding diaryl/α,β-unsaturated/α-hetero) is 1. The van der Waals surface area contributed by atoms with Gasteiger partial charge < -0.3 is 10.2 Å². The number of rotatable bonds is 3. The fourth-order valence-corrected chi connectivity index (χ4v) is 3.00. The van der Waals surface area contributed by atoms with Gasteiger partial charge in [0, 0.05) is 24.7 Å². The van der Waals surface area contributed by atoms with Crippen LogP contribution in [0.4, 0.5) is 11.4 Å². The summed E-state index contributed by atoms with van der Waals surface area (Å²) in [5.74, 6) is -1.07. The van der Waals surface area contributed by atoms with Gasteiger partial charge in [0.1, 0.15) is 0 Å². The number of fused-ring (bicyclic) bond motifs is 1. The van der Waals surface area contributed by atoms with Crippen LogP contribution >= 0.6 is 0 Å². The summed E-state index contributed by atoms with van der Waals surface area (Å²) in [6.45, 7) is 1.46. The van der Waals surface area contributed by atoms with E-state index in [0.29, 0.717) is 11.3 Å². The maximum absolute atomic E-state index is 12.8. The van der Waals surface area contributed by atoms with E-state index >= 15 is 0 Å². The summed E-state index contributed by atoms with van der Waals surface area (Å²) in [5.41, 5.74) is 2.49. The van der Waals surface area contributed by atoms with Crippen LogP contribution in [0.1, 0.15) is 35.2 Å². The Morgan fingerprint density at radius 3 is 2.50 bits per heavy atom. The standard InChI is InChI=1S/C19H18N2O3/c1-12(22)13-7-3-5-9-16(13)20-19(24)15-11-18(23)21(2)17-10-6-4-8-14(15)17/h3-10,15H,11H2,1-2H3,(H,20,24)/t15-/m1/s1. The van der Waals surface area contributed by atoms with E-state index in [2.05, 4.69) is 5.32 Å². The average molecular weight is 322 g/mol. The smallest absolute Gasteiger partial charge is 0.232 e. The first-order valence-corrected chi connectivity index (χ1v) is 7.75. The van der Waals surface area contributed by atoms with Crippen LogP contribution in [-0.2, 0) is 9.59 Å². The van der Waals surface area contributed by atoms with Crippen LogP contribution in [-0.4, -0.2) is 24.6 Å². The number of carbonyl (C=O) groups is 3. The lowest BCUT2D eigenvalue weighted by Gasteiger charge is -2.31. The molecular weight excluding hydrogens is 304 g/mol. The normalized spacial score (nSPS) is 16.5. The van der Waals surface area contributed by atoms with Gasteiger partial charge in [-0.05, 0) is 30.7 Å². The van der Waals surface area contributed by atoms with Gasteiger partial charge in [-0.25, -0.2) is 0 Å². The molecule has 0 fully saturated rings. The van der Waals surface area contributed by atoms with Gasteiger partial charge in [0.15, 0.2) is 5.78 Å². The second-order valence-electron chi connectivity index (χ2n) is 5.86. The molecule has 0 bridgehead atoms. The molecule has 5 heteroatoms. The number of ketones is 1. The Hall–Kier alpha value is -2.95. The molecular formula is C19H18N2O3. The third kappa shape index (κ3) is 2.80. The minimum absolute atomic E-state index is 0.103. The summed E-state index contributed by atoms with van der Waals surface area (Å²) in [5, 5.41) is 2.81. The second kappa shape index (κ2) is 6.28. The maximum Gasteiger partial charge on any atom is 0.232 e. The number of benzene rings is 2. The van der Waals surface area contributed by atoms with Gasteiger partial charge in [-0.1, -0.05) is 30.3 Å². The lowest BCUT2D eigenvalue weighted by molar-refractivity contribution is -0.124. The van der Waals surface area contributed by atoms with E-state index in [9.17, 15) is 14.4 Å². The molecule has 2 aromatic carbocycles. The zero-order valence-electron chi connectivity index (χ0n) is 13.6. The number of anilines is 2. The molecule has 2 aromatic rings. The second-order valence-corrected chi connectivity index (χ2v) is 5.86. The Morgan fingerprint density at radius 2 is 1.75 bits per heavy atom. The van der Waals surface area contributed by atoms with E-state index in [1.54, 1.807) is 36.2 Å². The molecule has 0 spiro atoms.